The lowest BCUT2D eigenvalue weighted by Crippen LogP contribution is -1.89. The van der Waals surface area contributed by atoms with E-state index in [4.69, 9.17) is 5.73 Å². The van der Waals surface area contributed by atoms with Gasteiger partial charge in [-0.1, -0.05) is 84.9 Å². The van der Waals surface area contributed by atoms with Gasteiger partial charge in [-0.2, -0.15) is 0 Å². The van der Waals surface area contributed by atoms with Crippen molar-refractivity contribution in [2.45, 2.75) is 0 Å². The zero-order valence-corrected chi connectivity index (χ0v) is 14.8. The van der Waals surface area contributed by atoms with Gasteiger partial charge in [-0.3, -0.25) is 0 Å². The third kappa shape index (κ3) is 4.47. The van der Waals surface area contributed by atoms with Crippen molar-refractivity contribution in [3.63, 3.8) is 0 Å². The summed E-state index contributed by atoms with van der Waals surface area (Å²) in [5, 5.41) is 19.2. The van der Waals surface area contributed by atoms with Gasteiger partial charge in [-0.25, -0.2) is 0 Å². The van der Waals surface area contributed by atoms with Crippen LogP contribution in [0.5, 0.6) is 11.5 Å². The second kappa shape index (κ2) is 8.59. The minimum Gasteiger partial charge on any atom is -0.507 e. The molecule has 3 nitrogen and oxygen atoms in total. The van der Waals surface area contributed by atoms with Crippen LogP contribution < -0.4 is 5.73 Å². The number of rotatable bonds is 2. The highest BCUT2D eigenvalue weighted by molar-refractivity contribution is 5.81. The first-order valence-corrected chi connectivity index (χ1v) is 8.63. The van der Waals surface area contributed by atoms with E-state index in [1.54, 1.807) is 24.3 Å². The van der Waals surface area contributed by atoms with Crippen LogP contribution in [-0.4, -0.2) is 10.2 Å². The van der Waals surface area contributed by atoms with Crippen molar-refractivity contribution in [2.75, 3.05) is 5.73 Å². The van der Waals surface area contributed by atoms with E-state index in [1.165, 1.54) is 0 Å². The first kappa shape index (κ1) is 18.1. The summed E-state index contributed by atoms with van der Waals surface area (Å²) in [5.41, 5.74) is 9.94. The Labute approximate surface area is 159 Å². The van der Waals surface area contributed by atoms with Crippen LogP contribution in [0.3, 0.4) is 0 Å². The average Bonchev–Trinajstić information content (AvgIpc) is 2.70. The van der Waals surface area contributed by atoms with Crippen LogP contribution in [0.15, 0.2) is 103 Å². The summed E-state index contributed by atoms with van der Waals surface area (Å²) < 4.78 is 0. The van der Waals surface area contributed by atoms with Crippen LogP contribution in [0.25, 0.3) is 22.3 Å². The second-order valence-corrected chi connectivity index (χ2v) is 5.99. The number of phenolic OH excluding ortho intramolecular Hbond substituents is 2. The summed E-state index contributed by atoms with van der Waals surface area (Å²) in [6.07, 6.45) is 0. The highest BCUT2D eigenvalue weighted by Crippen LogP contribution is 2.33. The molecule has 0 fully saturated rings. The highest BCUT2D eigenvalue weighted by atomic mass is 16.3. The first-order valence-electron chi connectivity index (χ1n) is 8.63. The minimum atomic E-state index is 0.219. The molecule has 134 valence electrons. The fourth-order valence-corrected chi connectivity index (χ4v) is 2.81. The Balaban J connectivity index is 0.000000156. The number of nitrogen functional groups attached to an aromatic ring is 1. The van der Waals surface area contributed by atoms with E-state index in [9.17, 15) is 10.2 Å². The Hall–Kier alpha value is -3.72. The predicted molar refractivity (Wildman–Crippen MR) is 111 cm³/mol. The number of aromatic hydroxyl groups is 2. The van der Waals surface area contributed by atoms with Crippen molar-refractivity contribution in [3.05, 3.63) is 103 Å². The summed E-state index contributed by atoms with van der Waals surface area (Å²) in [6.45, 7) is 0. The van der Waals surface area contributed by atoms with Gasteiger partial charge in [0, 0.05) is 16.8 Å². The maximum atomic E-state index is 9.66. The normalized spacial score (nSPS) is 9.93. The molecule has 0 amide bonds. The molecule has 0 unspecified atom stereocenters. The monoisotopic (exact) mass is 355 g/mol. The molecule has 4 rings (SSSR count). The standard InChI is InChI=1S/C12H11NO.C12H10O/c13-10-7-4-8-11(14)12(10)9-5-2-1-3-6-9;13-12-9-5-4-8-11(12)10-6-2-1-3-7-10/h1-8,14H,13H2;1-9,13H. The first-order chi connectivity index (χ1) is 13.2. The predicted octanol–water partition coefficient (Wildman–Crippen LogP) is 5.70. The Morgan fingerprint density at radius 1 is 0.481 bits per heavy atom. The lowest BCUT2D eigenvalue weighted by molar-refractivity contribution is 0.477. The second-order valence-electron chi connectivity index (χ2n) is 5.99. The Morgan fingerprint density at radius 3 is 1.59 bits per heavy atom. The molecule has 0 radical (unpaired) electrons. The van der Waals surface area contributed by atoms with Crippen LogP contribution in [0.1, 0.15) is 0 Å². The molecule has 0 atom stereocenters. The number of hydrogen-bond donors (Lipinski definition) is 3. The molecular weight excluding hydrogens is 334 g/mol. The number of benzene rings is 4. The largest absolute Gasteiger partial charge is 0.507 e. The number of hydrogen-bond acceptors (Lipinski definition) is 3. The zero-order chi connectivity index (χ0) is 19.1. The third-order valence-corrected chi connectivity index (χ3v) is 4.13. The van der Waals surface area contributed by atoms with E-state index in [-0.39, 0.29) is 5.75 Å². The fourth-order valence-electron chi connectivity index (χ4n) is 2.81. The van der Waals surface area contributed by atoms with Gasteiger partial charge in [-0.05, 0) is 29.3 Å². The summed E-state index contributed by atoms with van der Waals surface area (Å²) in [5.74, 6) is 0.546. The van der Waals surface area contributed by atoms with E-state index in [0.717, 1.165) is 16.7 Å². The molecular formula is C24H21NO2. The fraction of sp³-hybridized carbons (Fsp3) is 0. The molecule has 0 aromatic heterocycles. The van der Waals surface area contributed by atoms with E-state index in [0.29, 0.717) is 17.0 Å². The summed E-state index contributed by atoms with van der Waals surface area (Å²) >= 11 is 0. The van der Waals surface area contributed by atoms with Gasteiger partial charge >= 0.3 is 0 Å². The average molecular weight is 355 g/mol. The number of phenols is 2. The lowest BCUT2D eigenvalue weighted by atomic mass is 10.0. The smallest absolute Gasteiger partial charge is 0.125 e. The van der Waals surface area contributed by atoms with Gasteiger partial charge in [-0.15, -0.1) is 0 Å². The summed E-state index contributed by atoms with van der Waals surface area (Å²) in [4.78, 5) is 0. The van der Waals surface area contributed by atoms with Crippen LogP contribution in [0, 0.1) is 0 Å². The Kier molecular flexibility index (Phi) is 5.75. The number of para-hydroxylation sites is 1. The molecule has 0 aliphatic carbocycles. The van der Waals surface area contributed by atoms with Crippen molar-refractivity contribution >= 4 is 5.69 Å². The molecule has 4 aromatic carbocycles. The minimum absolute atomic E-state index is 0.219. The molecule has 0 aliphatic heterocycles. The van der Waals surface area contributed by atoms with Gasteiger partial charge in [0.15, 0.2) is 0 Å². The van der Waals surface area contributed by atoms with Crippen molar-refractivity contribution < 1.29 is 10.2 Å². The van der Waals surface area contributed by atoms with Crippen molar-refractivity contribution in [2.24, 2.45) is 0 Å². The van der Waals surface area contributed by atoms with E-state index in [2.05, 4.69) is 0 Å². The van der Waals surface area contributed by atoms with Gasteiger partial charge in [0.05, 0.1) is 0 Å². The molecule has 0 saturated heterocycles. The number of nitrogens with two attached hydrogens (primary N) is 1. The summed E-state index contributed by atoms with van der Waals surface area (Å²) in [6, 6.07) is 31.9. The van der Waals surface area contributed by atoms with E-state index in [1.807, 2.05) is 78.9 Å². The van der Waals surface area contributed by atoms with Gasteiger partial charge in [0.2, 0.25) is 0 Å². The Morgan fingerprint density at radius 2 is 1.00 bits per heavy atom. The van der Waals surface area contributed by atoms with Gasteiger partial charge in [0.25, 0.3) is 0 Å². The number of anilines is 1. The SMILES string of the molecule is Nc1cccc(O)c1-c1ccccc1.Oc1ccccc1-c1ccccc1. The van der Waals surface area contributed by atoms with Crippen LogP contribution >= 0.6 is 0 Å². The maximum Gasteiger partial charge on any atom is 0.125 e. The molecule has 0 saturated carbocycles. The van der Waals surface area contributed by atoms with Crippen LogP contribution in [0.2, 0.25) is 0 Å². The lowest BCUT2D eigenvalue weighted by Gasteiger charge is -2.07. The summed E-state index contributed by atoms with van der Waals surface area (Å²) in [7, 11) is 0. The van der Waals surface area contributed by atoms with E-state index < -0.39 is 0 Å². The van der Waals surface area contributed by atoms with Crippen molar-refractivity contribution in [1.82, 2.24) is 0 Å². The van der Waals surface area contributed by atoms with Crippen LogP contribution in [0.4, 0.5) is 5.69 Å². The van der Waals surface area contributed by atoms with Crippen LogP contribution in [-0.2, 0) is 0 Å². The molecule has 27 heavy (non-hydrogen) atoms. The highest BCUT2D eigenvalue weighted by Gasteiger charge is 2.06. The molecule has 4 aromatic rings. The third-order valence-electron chi connectivity index (χ3n) is 4.13. The molecule has 0 bridgehead atoms. The Bertz CT molecular complexity index is 979. The molecule has 0 heterocycles. The van der Waals surface area contributed by atoms with Crippen molar-refractivity contribution in [1.29, 1.82) is 0 Å². The zero-order valence-electron chi connectivity index (χ0n) is 14.8. The molecule has 0 aliphatic rings. The molecule has 3 heteroatoms. The topological polar surface area (TPSA) is 66.5 Å². The molecule has 4 N–H and O–H groups in total. The maximum absolute atomic E-state index is 9.66. The molecule has 0 spiro atoms. The van der Waals surface area contributed by atoms with E-state index >= 15 is 0 Å². The van der Waals surface area contributed by atoms with Crippen molar-refractivity contribution in [3.8, 4) is 33.8 Å². The van der Waals surface area contributed by atoms with Gasteiger partial charge in [0.1, 0.15) is 11.5 Å². The quantitative estimate of drug-likeness (QED) is 0.404. The van der Waals surface area contributed by atoms with Gasteiger partial charge < -0.3 is 15.9 Å².